The molecular weight excluding hydrogens is 307 g/mol. The van der Waals surface area contributed by atoms with Crippen LogP contribution in [0.25, 0.3) is 0 Å². The van der Waals surface area contributed by atoms with Crippen molar-refractivity contribution in [2.45, 2.75) is 11.8 Å². The summed E-state index contributed by atoms with van der Waals surface area (Å²) < 4.78 is 44.7. The maximum absolute atomic E-state index is 13.6. The Morgan fingerprint density at radius 2 is 1.95 bits per heavy atom. The molecule has 0 aliphatic carbocycles. The molecule has 20 heavy (non-hydrogen) atoms. The second kappa shape index (κ2) is 9.25. The van der Waals surface area contributed by atoms with Crippen LogP contribution < -0.4 is 10.0 Å². The first-order valence-corrected chi connectivity index (χ1v) is 7.42. The van der Waals surface area contributed by atoms with Crippen LogP contribution in [0.5, 0.6) is 0 Å². The molecule has 2 N–H and O–H groups in total. The Kier molecular flexibility index (Phi) is 8.91. The van der Waals surface area contributed by atoms with Crippen molar-refractivity contribution in [2.75, 3.05) is 33.4 Å². The Hall–Kier alpha value is -0.730. The van der Waals surface area contributed by atoms with Crippen molar-refractivity contribution in [1.29, 1.82) is 0 Å². The molecule has 8 heteroatoms. The molecule has 0 atom stereocenters. The average molecular weight is 327 g/mol. The summed E-state index contributed by atoms with van der Waals surface area (Å²) in [7, 11) is -2.22. The summed E-state index contributed by atoms with van der Waals surface area (Å²) in [5.74, 6) is -0.736. The van der Waals surface area contributed by atoms with Gasteiger partial charge in [0.1, 0.15) is 10.7 Å². The molecular formula is C12H20ClFN2O3S. The van der Waals surface area contributed by atoms with Gasteiger partial charge in [0.15, 0.2) is 0 Å². The fourth-order valence-electron chi connectivity index (χ4n) is 1.60. The topological polar surface area (TPSA) is 67.4 Å². The highest BCUT2D eigenvalue weighted by atomic mass is 35.5. The molecule has 0 saturated carbocycles. The van der Waals surface area contributed by atoms with E-state index in [0.717, 1.165) is 6.07 Å². The highest BCUT2D eigenvalue weighted by Gasteiger charge is 2.20. The lowest BCUT2D eigenvalue weighted by atomic mass is 10.2. The highest BCUT2D eigenvalue weighted by Crippen LogP contribution is 2.18. The molecule has 1 aromatic rings. The third-order valence-corrected chi connectivity index (χ3v) is 4.15. The third-order valence-electron chi connectivity index (χ3n) is 2.51. The van der Waals surface area contributed by atoms with E-state index in [1.807, 2.05) is 0 Å². The van der Waals surface area contributed by atoms with Crippen LogP contribution in [-0.2, 0) is 14.8 Å². The normalized spacial score (nSPS) is 11.2. The first kappa shape index (κ1) is 19.3. The minimum absolute atomic E-state index is 0. The molecule has 0 unspecified atom stereocenters. The lowest BCUT2D eigenvalue weighted by molar-refractivity contribution is 0.199. The monoisotopic (exact) mass is 326 g/mol. The van der Waals surface area contributed by atoms with Gasteiger partial charge in [0, 0.05) is 26.7 Å². The zero-order valence-corrected chi connectivity index (χ0v) is 13.1. The van der Waals surface area contributed by atoms with E-state index in [1.165, 1.54) is 6.07 Å². The molecule has 5 nitrogen and oxygen atoms in total. The lowest BCUT2D eigenvalue weighted by Gasteiger charge is -2.10. The van der Waals surface area contributed by atoms with E-state index in [9.17, 15) is 12.8 Å². The van der Waals surface area contributed by atoms with Gasteiger partial charge >= 0.3 is 0 Å². The number of methoxy groups -OCH3 is 1. The van der Waals surface area contributed by atoms with Gasteiger partial charge in [-0.25, -0.2) is 17.5 Å². The van der Waals surface area contributed by atoms with Crippen LogP contribution in [0.3, 0.4) is 0 Å². The Morgan fingerprint density at radius 3 is 2.55 bits per heavy atom. The zero-order chi connectivity index (χ0) is 14.3. The summed E-state index contributed by atoms with van der Waals surface area (Å²) in [5.41, 5.74) is 0.389. The predicted molar refractivity (Wildman–Crippen MR) is 78.3 cm³/mol. The standard InChI is InChI=1S/C12H19FN2O3S.ClH/c1-10-4-3-5-11(13)12(10)19(16,17)15-7-6-14-8-9-18-2;/h3-5,14-15H,6-9H2,1-2H3;1H. The van der Waals surface area contributed by atoms with E-state index in [2.05, 4.69) is 10.0 Å². The molecule has 0 radical (unpaired) electrons. The maximum atomic E-state index is 13.6. The van der Waals surface area contributed by atoms with Crippen LogP contribution in [0, 0.1) is 12.7 Å². The summed E-state index contributed by atoms with van der Waals surface area (Å²) in [6.07, 6.45) is 0. The van der Waals surface area contributed by atoms with Crippen molar-refractivity contribution in [2.24, 2.45) is 0 Å². The number of nitrogens with one attached hydrogen (secondary N) is 2. The van der Waals surface area contributed by atoms with Crippen molar-refractivity contribution >= 4 is 22.4 Å². The fraction of sp³-hybridized carbons (Fsp3) is 0.500. The summed E-state index contributed by atoms with van der Waals surface area (Å²) in [6, 6.07) is 4.18. The van der Waals surface area contributed by atoms with Crippen LogP contribution in [0.2, 0.25) is 0 Å². The number of halogens is 2. The van der Waals surface area contributed by atoms with Crippen molar-refractivity contribution in [3.63, 3.8) is 0 Å². The van der Waals surface area contributed by atoms with Gasteiger partial charge in [-0.3, -0.25) is 0 Å². The number of rotatable bonds is 8. The Morgan fingerprint density at radius 1 is 1.25 bits per heavy atom. The number of ether oxygens (including phenoxy) is 1. The Balaban J connectivity index is 0.00000361. The Labute approximate surface area is 125 Å². The molecule has 0 amide bonds. The van der Waals surface area contributed by atoms with Gasteiger partial charge in [-0.1, -0.05) is 12.1 Å². The molecule has 1 rings (SSSR count). The van der Waals surface area contributed by atoms with E-state index in [4.69, 9.17) is 4.74 Å². The van der Waals surface area contributed by atoms with Gasteiger partial charge in [-0.2, -0.15) is 0 Å². The summed E-state index contributed by atoms with van der Waals surface area (Å²) >= 11 is 0. The molecule has 0 fully saturated rings. The minimum Gasteiger partial charge on any atom is -0.383 e. The maximum Gasteiger partial charge on any atom is 0.243 e. The van der Waals surface area contributed by atoms with E-state index < -0.39 is 15.8 Å². The second-order valence-corrected chi connectivity index (χ2v) is 5.73. The van der Waals surface area contributed by atoms with Crippen LogP contribution in [0.1, 0.15) is 5.56 Å². The van der Waals surface area contributed by atoms with E-state index >= 15 is 0 Å². The largest absolute Gasteiger partial charge is 0.383 e. The van der Waals surface area contributed by atoms with Gasteiger partial charge in [-0.15, -0.1) is 12.4 Å². The van der Waals surface area contributed by atoms with E-state index in [0.29, 0.717) is 25.3 Å². The number of sulfonamides is 1. The van der Waals surface area contributed by atoms with Crippen molar-refractivity contribution in [1.82, 2.24) is 10.0 Å². The number of hydrogen-bond acceptors (Lipinski definition) is 4. The van der Waals surface area contributed by atoms with Gasteiger partial charge in [0.25, 0.3) is 0 Å². The lowest BCUT2D eigenvalue weighted by Crippen LogP contribution is -2.33. The molecule has 0 aromatic heterocycles. The summed E-state index contributed by atoms with van der Waals surface area (Å²) in [4.78, 5) is -0.285. The van der Waals surface area contributed by atoms with Crippen LogP contribution >= 0.6 is 12.4 Å². The number of hydrogen-bond donors (Lipinski definition) is 2. The van der Waals surface area contributed by atoms with Crippen molar-refractivity contribution in [3.05, 3.63) is 29.6 Å². The zero-order valence-electron chi connectivity index (χ0n) is 11.5. The van der Waals surface area contributed by atoms with Crippen molar-refractivity contribution in [3.8, 4) is 0 Å². The minimum atomic E-state index is -3.81. The summed E-state index contributed by atoms with van der Waals surface area (Å²) in [6.45, 7) is 3.40. The molecule has 0 aliphatic rings. The highest BCUT2D eigenvalue weighted by molar-refractivity contribution is 7.89. The van der Waals surface area contributed by atoms with Crippen LogP contribution in [0.4, 0.5) is 4.39 Å². The number of benzene rings is 1. The molecule has 0 heterocycles. The second-order valence-electron chi connectivity index (χ2n) is 4.03. The fourth-order valence-corrected chi connectivity index (χ4v) is 2.93. The molecule has 1 aromatic carbocycles. The van der Waals surface area contributed by atoms with E-state index in [-0.39, 0.29) is 23.8 Å². The van der Waals surface area contributed by atoms with Gasteiger partial charge in [-0.05, 0) is 18.6 Å². The average Bonchev–Trinajstić information content (AvgIpc) is 2.33. The smallest absolute Gasteiger partial charge is 0.243 e. The Bertz CT molecular complexity index is 491. The molecule has 0 aliphatic heterocycles. The van der Waals surface area contributed by atoms with Crippen molar-refractivity contribution < 1.29 is 17.5 Å². The molecule has 0 saturated heterocycles. The third kappa shape index (κ3) is 5.72. The van der Waals surface area contributed by atoms with Gasteiger partial charge in [0.2, 0.25) is 10.0 Å². The quantitative estimate of drug-likeness (QED) is 0.701. The molecule has 116 valence electrons. The predicted octanol–water partition coefficient (Wildman–Crippen LogP) is 1.07. The van der Waals surface area contributed by atoms with Gasteiger partial charge in [0.05, 0.1) is 6.61 Å². The number of aryl methyl sites for hydroxylation is 1. The van der Waals surface area contributed by atoms with Crippen LogP contribution in [0.15, 0.2) is 23.1 Å². The summed E-state index contributed by atoms with van der Waals surface area (Å²) in [5, 5.41) is 2.99. The van der Waals surface area contributed by atoms with Gasteiger partial charge < -0.3 is 10.1 Å². The van der Waals surface area contributed by atoms with Crippen LogP contribution in [-0.4, -0.2) is 41.8 Å². The molecule has 0 spiro atoms. The first-order valence-electron chi connectivity index (χ1n) is 5.93. The molecule has 0 bridgehead atoms. The first-order chi connectivity index (χ1) is 8.99. The SMILES string of the molecule is COCCNCCNS(=O)(=O)c1c(C)cccc1F.Cl. The van der Waals surface area contributed by atoms with E-state index in [1.54, 1.807) is 20.1 Å².